The smallest absolute Gasteiger partial charge is 0.245 e. The SMILES string of the molecule is O=C(C1CCCN1C(=O)C1CC1)N1CCN(c2ccccc2)CC1. The van der Waals surface area contributed by atoms with Gasteiger partial charge < -0.3 is 14.7 Å². The molecule has 5 heteroatoms. The maximum atomic E-state index is 12.9. The van der Waals surface area contributed by atoms with Crippen LogP contribution >= 0.6 is 0 Å². The standard InChI is InChI=1S/C19H25N3O2/c23-18(15-8-9-15)22-10-4-7-17(22)19(24)21-13-11-20(12-14-21)16-5-2-1-3-6-16/h1-3,5-6,15,17H,4,7-14H2. The van der Waals surface area contributed by atoms with E-state index in [1.165, 1.54) is 5.69 Å². The fourth-order valence-electron chi connectivity index (χ4n) is 3.89. The summed E-state index contributed by atoms with van der Waals surface area (Å²) >= 11 is 0. The van der Waals surface area contributed by atoms with Crippen LogP contribution in [0.2, 0.25) is 0 Å². The number of likely N-dealkylation sites (tertiary alicyclic amines) is 1. The van der Waals surface area contributed by atoms with E-state index in [0.29, 0.717) is 0 Å². The van der Waals surface area contributed by atoms with Crippen LogP contribution in [0.4, 0.5) is 5.69 Å². The van der Waals surface area contributed by atoms with Crippen molar-refractivity contribution in [2.45, 2.75) is 31.7 Å². The first-order chi connectivity index (χ1) is 11.7. The summed E-state index contributed by atoms with van der Waals surface area (Å²) in [4.78, 5) is 31.5. The van der Waals surface area contributed by atoms with Crippen molar-refractivity contribution in [2.24, 2.45) is 5.92 Å². The van der Waals surface area contributed by atoms with Gasteiger partial charge in [0, 0.05) is 44.3 Å². The molecule has 24 heavy (non-hydrogen) atoms. The molecular formula is C19H25N3O2. The summed E-state index contributed by atoms with van der Waals surface area (Å²) in [6.07, 6.45) is 3.80. The summed E-state index contributed by atoms with van der Waals surface area (Å²) in [7, 11) is 0. The monoisotopic (exact) mass is 327 g/mol. The number of anilines is 1. The number of amides is 2. The van der Waals surface area contributed by atoms with Gasteiger partial charge in [-0.05, 0) is 37.8 Å². The van der Waals surface area contributed by atoms with Crippen molar-refractivity contribution in [3.8, 4) is 0 Å². The lowest BCUT2D eigenvalue weighted by Crippen LogP contribution is -2.54. The molecule has 2 heterocycles. The maximum Gasteiger partial charge on any atom is 0.245 e. The normalized spacial score (nSPS) is 24.3. The van der Waals surface area contributed by atoms with Gasteiger partial charge in [-0.3, -0.25) is 9.59 Å². The molecule has 1 atom stereocenters. The third kappa shape index (κ3) is 2.99. The van der Waals surface area contributed by atoms with E-state index >= 15 is 0 Å². The predicted octanol–water partition coefficient (Wildman–Crippen LogP) is 1.74. The Bertz CT molecular complexity index is 606. The molecular weight excluding hydrogens is 302 g/mol. The summed E-state index contributed by atoms with van der Waals surface area (Å²) in [5.74, 6) is 0.580. The zero-order valence-electron chi connectivity index (χ0n) is 14.1. The third-order valence-electron chi connectivity index (χ3n) is 5.46. The molecule has 1 unspecified atom stereocenters. The number of benzene rings is 1. The molecule has 5 nitrogen and oxygen atoms in total. The van der Waals surface area contributed by atoms with E-state index in [4.69, 9.17) is 0 Å². The Kier molecular flexibility index (Phi) is 4.17. The first kappa shape index (κ1) is 15.5. The molecule has 1 aromatic rings. The topological polar surface area (TPSA) is 43.9 Å². The van der Waals surface area contributed by atoms with Crippen LogP contribution in [-0.4, -0.2) is 60.4 Å². The fourth-order valence-corrected chi connectivity index (χ4v) is 3.89. The van der Waals surface area contributed by atoms with Crippen molar-refractivity contribution >= 4 is 17.5 Å². The minimum absolute atomic E-state index is 0.161. The largest absolute Gasteiger partial charge is 0.368 e. The number of piperazine rings is 1. The minimum atomic E-state index is -0.207. The van der Waals surface area contributed by atoms with Gasteiger partial charge in [0.2, 0.25) is 11.8 Å². The second kappa shape index (κ2) is 6.46. The average Bonchev–Trinajstić information content (AvgIpc) is 3.38. The van der Waals surface area contributed by atoms with Crippen LogP contribution in [0.5, 0.6) is 0 Å². The van der Waals surface area contributed by atoms with E-state index in [1.54, 1.807) is 0 Å². The highest BCUT2D eigenvalue weighted by atomic mass is 16.2. The van der Waals surface area contributed by atoms with Crippen molar-refractivity contribution in [2.75, 3.05) is 37.6 Å². The van der Waals surface area contributed by atoms with Crippen LogP contribution in [0.1, 0.15) is 25.7 Å². The van der Waals surface area contributed by atoms with Gasteiger partial charge in [0.05, 0.1) is 0 Å². The molecule has 2 aliphatic heterocycles. The van der Waals surface area contributed by atoms with Crippen LogP contribution in [0.25, 0.3) is 0 Å². The van der Waals surface area contributed by atoms with Crippen LogP contribution in [-0.2, 0) is 9.59 Å². The van der Waals surface area contributed by atoms with Gasteiger partial charge in [-0.1, -0.05) is 18.2 Å². The highest BCUT2D eigenvalue weighted by molar-refractivity contribution is 5.90. The van der Waals surface area contributed by atoms with Gasteiger partial charge in [0.1, 0.15) is 6.04 Å². The molecule has 0 bridgehead atoms. The van der Waals surface area contributed by atoms with Crippen molar-refractivity contribution in [3.63, 3.8) is 0 Å². The van der Waals surface area contributed by atoms with Gasteiger partial charge in [-0.2, -0.15) is 0 Å². The van der Waals surface area contributed by atoms with Gasteiger partial charge >= 0.3 is 0 Å². The Morgan fingerprint density at radius 1 is 0.833 bits per heavy atom. The Morgan fingerprint density at radius 2 is 1.54 bits per heavy atom. The first-order valence-corrected chi connectivity index (χ1v) is 9.13. The molecule has 2 saturated heterocycles. The summed E-state index contributed by atoms with van der Waals surface area (Å²) in [6, 6.07) is 10.1. The summed E-state index contributed by atoms with van der Waals surface area (Å²) in [5.41, 5.74) is 1.22. The van der Waals surface area contributed by atoms with E-state index < -0.39 is 0 Å². The van der Waals surface area contributed by atoms with Gasteiger partial charge in [-0.15, -0.1) is 0 Å². The molecule has 0 aromatic heterocycles. The fraction of sp³-hybridized carbons (Fsp3) is 0.579. The highest BCUT2D eigenvalue weighted by Crippen LogP contribution is 2.34. The lowest BCUT2D eigenvalue weighted by Gasteiger charge is -2.38. The predicted molar refractivity (Wildman–Crippen MR) is 92.7 cm³/mol. The number of para-hydroxylation sites is 1. The molecule has 4 rings (SSSR count). The molecule has 0 radical (unpaired) electrons. The number of hydrogen-bond acceptors (Lipinski definition) is 3. The van der Waals surface area contributed by atoms with E-state index in [1.807, 2.05) is 28.0 Å². The van der Waals surface area contributed by atoms with E-state index in [2.05, 4.69) is 17.0 Å². The zero-order chi connectivity index (χ0) is 16.5. The Morgan fingerprint density at radius 3 is 2.21 bits per heavy atom. The minimum Gasteiger partial charge on any atom is -0.368 e. The van der Waals surface area contributed by atoms with E-state index in [-0.39, 0.29) is 23.8 Å². The Balaban J connectivity index is 1.36. The average molecular weight is 327 g/mol. The van der Waals surface area contributed by atoms with E-state index in [9.17, 15) is 9.59 Å². The molecule has 1 aliphatic carbocycles. The summed E-state index contributed by atoms with van der Waals surface area (Å²) in [6.45, 7) is 3.97. The quantitative estimate of drug-likeness (QED) is 0.849. The van der Waals surface area contributed by atoms with Gasteiger partial charge in [-0.25, -0.2) is 0 Å². The molecule has 0 spiro atoms. The van der Waals surface area contributed by atoms with Crippen molar-refractivity contribution in [1.82, 2.24) is 9.80 Å². The summed E-state index contributed by atoms with van der Waals surface area (Å²) in [5, 5.41) is 0. The molecule has 3 fully saturated rings. The molecule has 128 valence electrons. The lowest BCUT2D eigenvalue weighted by molar-refractivity contribution is -0.144. The molecule has 3 aliphatic rings. The van der Waals surface area contributed by atoms with Crippen LogP contribution in [0.3, 0.4) is 0 Å². The number of nitrogens with zero attached hydrogens (tertiary/aromatic N) is 3. The van der Waals surface area contributed by atoms with Crippen molar-refractivity contribution in [3.05, 3.63) is 30.3 Å². The first-order valence-electron chi connectivity index (χ1n) is 9.13. The second-order valence-corrected chi connectivity index (χ2v) is 7.11. The Hall–Kier alpha value is -2.04. The highest BCUT2D eigenvalue weighted by Gasteiger charge is 2.42. The van der Waals surface area contributed by atoms with E-state index in [0.717, 1.165) is 58.4 Å². The molecule has 1 aromatic carbocycles. The van der Waals surface area contributed by atoms with Crippen molar-refractivity contribution in [1.29, 1.82) is 0 Å². The second-order valence-electron chi connectivity index (χ2n) is 7.11. The number of carbonyl (C=O) groups excluding carboxylic acids is 2. The van der Waals surface area contributed by atoms with Crippen LogP contribution < -0.4 is 4.90 Å². The van der Waals surface area contributed by atoms with Gasteiger partial charge in [0.25, 0.3) is 0 Å². The van der Waals surface area contributed by atoms with Gasteiger partial charge in [0.15, 0.2) is 0 Å². The molecule has 1 saturated carbocycles. The molecule has 2 amide bonds. The number of rotatable bonds is 3. The van der Waals surface area contributed by atoms with Crippen molar-refractivity contribution < 1.29 is 9.59 Å². The Labute approximate surface area is 143 Å². The van der Waals surface area contributed by atoms with Crippen LogP contribution in [0.15, 0.2) is 30.3 Å². The number of hydrogen-bond donors (Lipinski definition) is 0. The maximum absolute atomic E-state index is 12.9. The van der Waals surface area contributed by atoms with Crippen LogP contribution in [0, 0.1) is 5.92 Å². The summed E-state index contributed by atoms with van der Waals surface area (Å²) < 4.78 is 0. The lowest BCUT2D eigenvalue weighted by atomic mass is 10.1. The number of carbonyl (C=O) groups is 2. The molecule has 0 N–H and O–H groups in total. The zero-order valence-corrected chi connectivity index (χ0v) is 14.1. The third-order valence-corrected chi connectivity index (χ3v) is 5.46.